The molecule has 1 aliphatic rings. The summed E-state index contributed by atoms with van der Waals surface area (Å²) in [7, 11) is 1.52. The smallest absolute Gasteiger partial charge is 0.410 e. The van der Waals surface area contributed by atoms with Gasteiger partial charge in [-0.1, -0.05) is 23.7 Å². The van der Waals surface area contributed by atoms with Crippen molar-refractivity contribution in [2.75, 3.05) is 39.8 Å². The number of hydrogen-bond donors (Lipinski definition) is 2. The van der Waals surface area contributed by atoms with Crippen LogP contribution in [0, 0.1) is 5.82 Å². The second kappa shape index (κ2) is 12.2. The van der Waals surface area contributed by atoms with Crippen LogP contribution in [0.4, 0.5) is 14.0 Å². The van der Waals surface area contributed by atoms with E-state index < -0.39 is 29.6 Å². The van der Waals surface area contributed by atoms with E-state index in [9.17, 15) is 23.9 Å². The molecule has 2 N–H and O–H groups in total. The van der Waals surface area contributed by atoms with Crippen molar-refractivity contribution in [3.8, 4) is 0 Å². The Morgan fingerprint density at radius 1 is 1.21 bits per heavy atom. The quantitative estimate of drug-likeness (QED) is 0.599. The molecule has 1 fully saturated rings. The number of carbonyl (C=O) groups is 3. The highest BCUT2D eigenvalue weighted by Crippen LogP contribution is 2.19. The molecule has 0 saturated carbocycles. The largest absolute Gasteiger partial charge is 0.444 e. The number of likely N-dealkylation sites (N-methyl/N-ethyl adjacent to an activating group) is 1. The molecule has 1 heterocycles. The van der Waals surface area contributed by atoms with Crippen molar-refractivity contribution in [3.63, 3.8) is 0 Å². The molecule has 0 bridgehead atoms. The Labute approximate surface area is 204 Å². The van der Waals surface area contributed by atoms with Gasteiger partial charge in [0.25, 0.3) is 0 Å². The van der Waals surface area contributed by atoms with Crippen LogP contribution >= 0.6 is 11.6 Å². The number of halogens is 2. The Bertz CT molecular complexity index is 871. The molecule has 1 unspecified atom stereocenters. The number of benzene rings is 1. The molecule has 1 aliphatic heterocycles. The number of hydrogen-bond acceptors (Lipinski definition) is 5. The van der Waals surface area contributed by atoms with Gasteiger partial charge in [0, 0.05) is 46.2 Å². The van der Waals surface area contributed by atoms with E-state index in [-0.39, 0.29) is 36.9 Å². The van der Waals surface area contributed by atoms with Crippen LogP contribution < -0.4 is 5.32 Å². The molecule has 1 aromatic carbocycles. The maximum atomic E-state index is 13.6. The summed E-state index contributed by atoms with van der Waals surface area (Å²) < 4.78 is 18.9. The minimum Gasteiger partial charge on any atom is -0.444 e. The third kappa shape index (κ3) is 8.02. The number of piperazine rings is 1. The summed E-state index contributed by atoms with van der Waals surface area (Å²) in [5, 5.41) is 12.3. The van der Waals surface area contributed by atoms with Crippen molar-refractivity contribution in [3.05, 3.63) is 34.6 Å². The maximum absolute atomic E-state index is 13.6. The number of amides is 4. The number of carbonyl (C=O) groups excluding carboxylic acids is 3. The Morgan fingerprint density at radius 3 is 2.41 bits per heavy atom. The molecule has 1 atom stereocenters. The van der Waals surface area contributed by atoms with Gasteiger partial charge in [-0.2, -0.15) is 0 Å². The van der Waals surface area contributed by atoms with Crippen molar-refractivity contribution < 1.29 is 28.6 Å². The zero-order chi connectivity index (χ0) is 25.5. The van der Waals surface area contributed by atoms with Crippen molar-refractivity contribution in [1.29, 1.82) is 0 Å². The number of rotatable bonds is 7. The second-order valence-electron chi connectivity index (χ2n) is 9.21. The van der Waals surface area contributed by atoms with Gasteiger partial charge in [-0.25, -0.2) is 14.0 Å². The molecule has 34 heavy (non-hydrogen) atoms. The Hall–Kier alpha value is -2.59. The van der Waals surface area contributed by atoms with E-state index >= 15 is 0 Å². The Kier molecular flexibility index (Phi) is 9.93. The third-order valence-corrected chi connectivity index (χ3v) is 5.94. The van der Waals surface area contributed by atoms with Gasteiger partial charge in [0.2, 0.25) is 5.91 Å². The third-order valence-electron chi connectivity index (χ3n) is 5.52. The summed E-state index contributed by atoms with van der Waals surface area (Å²) in [6, 6.07) is 3.29. The lowest BCUT2D eigenvalue weighted by Crippen LogP contribution is -2.52. The van der Waals surface area contributed by atoms with Crippen LogP contribution in [0.5, 0.6) is 0 Å². The van der Waals surface area contributed by atoms with Gasteiger partial charge < -0.3 is 29.9 Å². The molecule has 4 amide bonds. The number of aliphatic hydroxyl groups is 1. The first kappa shape index (κ1) is 27.7. The minimum absolute atomic E-state index is 0.0266. The Balaban J connectivity index is 1.79. The van der Waals surface area contributed by atoms with E-state index in [1.807, 2.05) is 0 Å². The van der Waals surface area contributed by atoms with Gasteiger partial charge in [-0.3, -0.25) is 4.79 Å². The summed E-state index contributed by atoms with van der Waals surface area (Å²) in [5.74, 6) is -0.678. The van der Waals surface area contributed by atoms with E-state index in [1.54, 1.807) is 36.6 Å². The van der Waals surface area contributed by atoms with Crippen LogP contribution in [-0.4, -0.2) is 89.3 Å². The standard InChI is InChI=1S/C23H34ClFN4O5/c1-23(2,3)34-22(33)29-12-10-28(11-13-29)19(31)9-8-17(15-30)27(4)21(32)26-14-16-6-5-7-18(25)20(16)24/h5-7,17,30H,8-15H2,1-4H3,(H,26,32). The summed E-state index contributed by atoms with van der Waals surface area (Å²) in [6.45, 7) is 6.68. The highest BCUT2D eigenvalue weighted by Gasteiger charge is 2.28. The monoisotopic (exact) mass is 500 g/mol. The predicted molar refractivity (Wildman–Crippen MR) is 126 cm³/mol. The molecule has 2 rings (SSSR count). The maximum Gasteiger partial charge on any atom is 0.410 e. The average molecular weight is 501 g/mol. The van der Waals surface area contributed by atoms with Crippen LogP contribution in [0.15, 0.2) is 18.2 Å². The molecule has 0 aliphatic carbocycles. The van der Waals surface area contributed by atoms with Gasteiger partial charge in [0.15, 0.2) is 0 Å². The summed E-state index contributed by atoms with van der Waals surface area (Å²) in [4.78, 5) is 41.8. The number of ether oxygens (including phenoxy) is 1. The predicted octanol–water partition coefficient (Wildman–Crippen LogP) is 2.84. The lowest BCUT2D eigenvalue weighted by molar-refractivity contribution is -0.133. The summed E-state index contributed by atoms with van der Waals surface area (Å²) in [6.07, 6.45) is 0.0178. The molecule has 11 heteroatoms. The van der Waals surface area contributed by atoms with Crippen LogP contribution in [0.1, 0.15) is 39.2 Å². The van der Waals surface area contributed by atoms with Gasteiger partial charge >= 0.3 is 12.1 Å². The van der Waals surface area contributed by atoms with E-state index in [0.29, 0.717) is 31.7 Å². The molecule has 1 saturated heterocycles. The van der Waals surface area contributed by atoms with Gasteiger partial charge in [0.1, 0.15) is 11.4 Å². The molecule has 0 aromatic heterocycles. The molecule has 190 valence electrons. The number of aliphatic hydroxyl groups excluding tert-OH is 1. The first-order valence-electron chi connectivity index (χ1n) is 11.2. The van der Waals surface area contributed by atoms with Crippen LogP contribution in [0.3, 0.4) is 0 Å². The first-order chi connectivity index (χ1) is 15.9. The molecule has 1 aromatic rings. The first-order valence-corrected chi connectivity index (χ1v) is 11.6. The van der Waals surface area contributed by atoms with Crippen LogP contribution in [-0.2, 0) is 16.1 Å². The molecular weight excluding hydrogens is 467 g/mol. The van der Waals surface area contributed by atoms with Gasteiger partial charge in [0.05, 0.1) is 17.7 Å². The topological polar surface area (TPSA) is 102 Å². The summed E-state index contributed by atoms with van der Waals surface area (Å²) >= 11 is 5.91. The van der Waals surface area contributed by atoms with Crippen molar-refractivity contribution in [2.24, 2.45) is 0 Å². The number of nitrogens with one attached hydrogen (secondary N) is 1. The molecule has 9 nitrogen and oxygen atoms in total. The van der Waals surface area contributed by atoms with Gasteiger partial charge in [-0.15, -0.1) is 0 Å². The van der Waals surface area contributed by atoms with E-state index in [4.69, 9.17) is 16.3 Å². The van der Waals surface area contributed by atoms with E-state index in [0.717, 1.165) is 0 Å². The van der Waals surface area contributed by atoms with Gasteiger partial charge in [-0.05, 0) is 38.8 Å². The van der Waals surface area contributed by atoms with Crippen LogP contribution in [0.2, 0.25) is 5.02 Å². The molecule has 0 spiro atoms. The SMILES string of the molecule is CN(C(=O)NCc1cccc(F)c1Cl)C(CO)CCC(=O)N1CCN(C(=O)OC(C)(C)C)CC1. The molecular formula is C23H34ClFN4O5. The Morgan fingerprint density at radius 2 is 1.82 bits per heavy atom. The zero-order valence-corrected chi connectivity index (χ0v) is 20.9. The average Bonchev–Trinajstić information content (AvgIpc) is 2.78. The van der Waals surface area contributed by atoms with Crippen molar-refractivity contribution in [2.45, 2.75) is 51.8 Å². The summed E-state index contributed by atoms with van der Waals surface area (Å²) in [5.41, 5.74) is -0.143. The highest BCUT2D eigenvalue weighted by molar-refractivity contribution is 6.31. The number of nitrogens with zero attached hydrogens (tertiary/aromatic N) is 3. The zero-order valence-electron chi connectivity index (χ0n) is 20.1. The highest BCUT2D eigenvalue weighted by atomic mass is 35.5. The van der Waals surface area contributed by atoms with Crippen molar-refractivity contribution >= 4 is 29.6 Å². The molecule has 0 radical (unpaired) electrons. The minimum atomic E-state index is -0.578. The van der Waals surface area contributed by atoms with Crippen LogP contribution in [0.25, 0.3) is 0 Å². The fraction of sp³-hybridized carbons (Fsp3) is 0.609. The lowest BCUT2D eigenvalue weighted by Gasteiger charge is -2.36. The fourth-order valence-electron chi connectivity index (χ4n) is 3.47. The van der Waals surface area contributed by atoms with E-state index in [1.165, 1.54) is 24.1 Å². The number of urea groups is 1. The second-order valence-corrected chi connectivity index (χ2v) is 9.58. The van der Waals surface area contributed by atoms with E-state index in [2.05, 4.69) is 5.32 Å². The fourth-order valence-corrected chi connectivity index (χ4v) is 3.66. The normalized spacial score (nSPS) is 15.0. The lowest BCUT2D eigenvalue weighted by atomic mass is 10.1. The van der Waals surface area contributed by atoms with Crippen molar-refractivity contribution in [1.82, 2.24) is 20.0 Å².